The van der Waals surface area contributed by atoms with Gasteiger partial charge in [-0.25, -0.2) is 0 Å². The molecule has 0 saturated heterocycles. The van der Waals surface area contributed by atoms with E-state index in [1.54, 1.807) is 24.3 Å². The average Bonchev–Trinajstić information content (AvgIpc) is 1.57. The molecule has 5 N–H and O–H groups in total. The van der Waals surface area contributed by atoms with Crippen molar-refractivity contribution in [2.75, 3.05) is 35.6 Å². The molecule has 4 atom stereocenters. The lowest BCUT2D eigenvalue weighted by atomic mass is 9.81. The van der Waals surface area contributed by atoms with Crippen LogP contribution in [0.15, 0.2) is 394 Å². The van der Waals surface area contributed by atoms with Crippen LogP contribution in [0, 0.1) is 0 Å². The van der Waals surface area contributed by atoms with Gasteiger partial charge in [0.15, 0.2) is 12.5 Å². The fraction of sp³-hybridized carbons (Fsp3) is 0.0667. The summed E-state index contributed by atoms with van der Waals surface area (Å²) in [6.07, 6.45) is -0.203. The third kappa shape index (κ3) is 16.5. The summed E-state index contributed by atoms with van der Waals surface area (Å²) >= 11 is 21.9. The Bertz CT molecular complexity index is 7150. The average molecular weight is 2070 g/mol. The second-order valence-corrected chi connectivity index (χ2v) is 31.0. The molecular weight excluding hydrogens is 1990 g/mol. The van der Waals surface area contributed by atoms with Gasteiger partial charge in [0.1, 0.15) is 39.4 Å². The summed E-state index contributed by atoms with van der Waals surface area (Å²) in [5.74, 6) is 2.29. The minimum atomic E-state index is -1.41. The molecule has 4 aromatic heterocycles. The van der Waals surface area contributed by atoms with Crippen molar-refractivity contribution in [2.24, 2.45) is 0 Å². The molecule has 16 aromatic carbocycles. The number of nitrogens with one attached hydrogen (secondary N) is 1. The summed E-state index contributed by atoms with van der Waals surface area (Å²) in [6.45, 7) is 0. The van der Waals surface area contributed by atoms with Crippen LogP contribution in [0.3, 0.4) is 0 Å². The first-order valence-corrected chi connectivity index (χ1v) is 48.1. The van der Waals surface area contributed by atoms with E-state index in [9.17, 15) is 0 Å². The maximum Gasteiger partial charge on any atom is 0.488 e. The molecule has 0 fully saturated rings. The summed E-state index contributed by atoms with van der Waals surface area (Å²) in [5.41, 5.74) is 31.3. The number of hydrogen-bond acceptors (Lipinski definition) is 11. The van der Waals surface area contributed by atoms with Gasteiger partial charge >= 0.3 is 7.12 Å². The van der Waals surface area contributed by atoms with Gasteiger partial charge in [-0.2, -0.15) is 0 Å². The zero-order valence-corrected chi connectivity index (χ0v) is 76.9. The maximum absolute atomic E-state index is 8.63. The fourth-order valence-electron chi connectivity index (χ4n) is 17.2. The normalized spacial score (nSPS) is 14.4. The molecule has 0 spiro atoms. The molecule has 20 aromatic rings. The van der Waals surface area contributed by atoms with Crippen LogP contribution in [0.1, 0.15) is 34.1 Å². The second-order valence-electron chi connectivity index (χ2n) is 29.3. The molecule has 0 bridgehead atoms. The quantitative estimate of drug-likeness (QED) is 0.0499. The number of furan rings is 3. The largest absolute Gasteiger partial charge is 0.488 e. The van der Waals surface area contributed by atoms with E-state index in [0.717, 1.165) is 127 Å². The molecule has 4 aliphatic heterocycles. The first-order valence-electron chi connectivity index (χ1n) is 40.1. The molecule has 0 radical (unpaired) electrons. The van der Waals surface area contributed by atoms with Crippen molar-refractivity contribution >= 4 is 236 Å². The van der Waals surface area contributed by atoms with Gasteiger partial charge in [0.25, 0.3) is 0 Å². The molecule has 19 heteroatoms. The predicted molar refractivity (Wildman–Crippen MR) is 546 cm³/mol. The zero-order valence-electron chi connectivity index (χ0n) is 67.3. The SMILES string of the molecule is Brc1cccc2c3c4ccccc4oc3n(-c3ccccc3)c12.CI.CI.CI.Clc1ccc(-c2cccc3c2N(c2ccccc2)C2Oc4ccccc4C32)cc1.Nc1cccc2oc3ccccc3c12.OB(O)c1ccc(Cl)cc1.c1ccc(N2c3c(-c4ccc(Nc5cccc6oc7ccccc7c56)cc4)cccc3C3c4ccccc4OC32)cc1. The zero-order chi connectivity index (χ0) is 85.5. The van der Waals surface area contributed by atoms with Crippen LogP contribution in [-0.4, -0.2) is 49.0 Å². The summed E-state index contributed by atoms with van der Waals surface area (Å²) in [6, 6.07) is 127. The number of halogens is 6. The Hall–Kier alpha value is -11.5. The van der Waals surface area contributed by atoms with Crippen molar-refractivity contribution in [2.45, 2.75) is 24.3 Å². The number of nitrogens with two attached hydrogens (primary N) is 1. The summed E-state index contributed by atoms with van der Waals surface area (Å²) < 4.78 is 34.3. The number of aromatic nitrogens is 1. The van der Waals surface area contributed by atoms with Gasteiger partial charge in [-0.3, -0.25) is 4.57 Å². The standard InChI is InChI=1S/C38H26N2O2.C26H18ClNO.C20H12BrNO.C12H9NO.C6H6BClO2.3CH3I/c1-2-10-26(11-3-1)40-37-27(14-8-15-30(37)35-28-12-4-7-18-33(28)42-38(35)40)24-20-22-25(23-21-24)39-31-16-9-19-34-36(31)29-13-5-6-17-32(29)41-34;27-18-15-13-17(14-16-18)20-10-6-11-22-24-21-9-4-5-12-23(21)29-26(24)28(25(20)22)19-7-2-1-3-8-19;21-16-11-6-10-15-18-14-9-4-5-12-17(14)23-20(18)22(19(15)16)13-7-2-1-3-8-13;13-9-5-3-7-11-12(9)8-4-1-2-6-10(8)14-11;8-6-3-1-5(2-4-6)7(9)10;3*1-2/h1-23,35,38-39H;1-16,24,26H;1-12H;1-7H,13H2;1-4,9-10H;3*1H3. The Morgan fingerprint density at radius 3 is 1.27 bits per heavy atom. The van der Waals surface area contributed by atoms with Crippen molar-refractivity contribution < 1.29 is 32.8 Å². The lowest BCUT2D eigenvalue weighted by Gasteiger charge is -2.28. The number of ether oxygens (including phenoxy) is 2. The monoisotopic (exact) mass is 2060 g/mol. The van der Waals surface area contributed by atoms with Crippen LogP contribution < -0.4 is 35.8 Å². The Balaban J connectivity index is 0.000000116. The number of alkyl halides is 3. The van der Waals surface area contributed by atoms with Gasteiger partial charge < -0.3 is 53.6 Å². The Morgan fingerprint density at radius 2 is 0.750 bits per heavy atom. The minimum absolute atomic E-state index is 0.0850. The molecule has 0 aliphatic carbocycles. The Labute approximate surface area is 778 Å². The van der Waals surface area contributed by atoms with E-state index >= 15 is 0 Å². The number of benzene rings is 16. The molecule has 8 heterocycles. The number of fused-ring (bicyclic) bond motifs is 21. The predicted octanol–water partition coefficient (Wildman–Crippen LogP) is 29.6. The van der Waals surface area contributed by atoms with Gasteiger partial charge in [-0.1, -0.05) is 334 Å². The van der Waals surface area contributed by atoms with Crippen molar-refractivity contribution in [1.82, 2.24) is 4.57 Å². The maximum atomic E-state index is 8.63. The van der Waals surface area contributed by atoms with Gasteiger partial charge in [0, 0.05) is 86.8 Å². The molecule has 0 amide bonds. The molecule has 4 aliphatic rings. The highest BCUT2D eigenvalue weighted by atomic mass is 127. The van der Waals surface area contributed by atoms with Gasteiger partial charge in [-0.05, 0) is 192 Å². The molecule has 124 heavy (non-hydrogen) atoms. The smallest absolute Gasteiger partial charge is 0.469 e. The summed E-state index contributed by atoms with van der Waals surface area (Å²) in [7, 11) is -1.41. The third-order valence-corrected chi connectivity index (χ3v) is 23.5. The highest BCUT2D eigenvalue weighted by Crippen LogP contribution is 2.59. The lowest BCUT2D eigenvalue weighted by Crippen LogP contribution is -2.32. The van der Waals surface area contributed by atoms with Crippen LogP contribution in [0.25, 0.3) is 105 Å². The number of hydrogen-bond donors (Lipinski definition) is 4. The lowest BCUT2D eigenvalue weighted by molar-refractivity contribution is 0.234. The first-order chi connectivity index (χ1) is 61.0. The summed E-state index contributed by atoms with van der Waals surface area (Å²) in [4.78, 5) is 10.6. The topological polar surface area (TPSA) is 148 Å². The molecule has 612 valence electrons. The molecule has 0 saturated carbocycles. The molecular formula is C105H80BBrCl2I3N5O7. The second kappa shape index (κ2) is 38.3. The van der Waals surface area contributed by atoms with E-state index in [0.29, 0.717) is 10.5 Å². The minimum Gasteiger partial charge on any atom is -0.469 e. The van der Waals surface area contributed by atoms with Crippen LogP contribution in [0.5, 0.6) is 11.5 Å². The molecule has 4 unspecified atom stereocenters. The number of nitrogens with zero attached hydrogens (tertiary/aromatic N) is 3. The van der Waals surface area contributed by atoms with Gasteiger partial charge in [0.2, 0.25) is 5.71 Å². The highest BCUT2D eigenvalue weighted by molar-refractivity contribution is 14.1. The van der Waals surface area contributed by atoms with Crippen molar-refractivity contribution in [3.63, 3.8) is 0 Å². The number of nitrogen functional groups attached to an aromatic ring is 1. The van der Waals surface area contributed by atoms with Crippen molar-refractivity contribution in [3.05, 3.63) is 413 Å². The van der Waals surface area contributed by atoms with Crippen molar-refractivity contribution in [1.29, 1.82) is 0 Å². The molecule has 12 nitrogen and oxygen atoms in total. The van der Waals surface area contributed by atoms with E-state index in [-0.39, 0.29) is 24.3 Å². The van der Waals surface area contributed by atoms with Crippen LogP contribution in [0.2, 0.25) is 10.0 Å². The number of anilines is 7. The van der Waals surface area contributed by atoms with Crippen LogP contribution in [0.4, 0.5) is 39.8 Å². The van der Waals surface area contributed by atoms with Crippen LogP contribution in [-0.2, 0) is 0 Å². The van der Waals surface area contributed by atoms with Gasteiger partial charge in [-0.15, -0.1) is 0 Å². The first kappa shape index (κ1) is 84.7. The van der Waals surface area contributed by atoms with E-state index in [2.05, 4.69) is 334 Å². The fourth-order valence-corrected chi connectivity index (χ4v) is 18.0. The third-order valence-electron chi connectivity index (χ3n) is 22.3. The van der Waals surface area contributed by atoms with Crippen molar-refractivity contribution in [3.8, 4) is 39.4 Å². The summed E-state index contributed by atoms with van der Waals surface area (Å²) in [5, 5.41) is 30.1. The number of rotatable bonds is 8. The van der Waals surface area contributed by atoms with Gasteiger partial charge in [0.05, 0.1) is 50.6 Å². The Morgan fingerprint density at radius 1 is 0.363 bits per heavy atom. The van der Waals surface area contributed by atoms with E-state index in [4.69, 9.17) is 61.7 Å². The highest BCUT2D eigenvalue weighted by Gasteiger charge is 2.50. The van der Waals surface area contributed by atoms with E-state index in [1.807, 2.05) is 136 Å². The Kier molecular flexibility index (Phi) is 26.2. The van der Waals surface area contributed by atoms with Crippen LogP contribution >= 0.6 is 107 Å². The van der Waals surface area contributed by atoms with E-state index < -0.39 is 7.12 Å². The molecule has 24 rings (SSSR count). The number of para-hydroxylation sites is 11. The van der Waals surface area contributed by atoms with E-state index in [1.165, 1.54) is 61.1 Å².